The van der Waals surface area contributed by atoms with Gasteiger partial charge in [0.15, 0.2) is 5.78 Å². The zero-order valence-electron chi connectivity index (χ0n) is 8.20. The highest BCUT2D eigenvalue weighted by atomic mass is 16.3. The van der Waals surface area contributed by atoms with Gasteiger partial charge in [-0.05, 0) is 25.2 Å². The Bertz CT molecular complexity index is 178. The summed E-state index contributed by atoms with van der Waals surface area (Å²) in [5.74, 6) is 0.472. The third-order valence-electron chi connectivity index (χ3n) is 2.54. The molecule has 0 aromatic heterocycles. The van der Waals surface area contributed by atoms with Crippen LogP contribution in [0.1, 0.15) is 39.0 Å². The van der Waals surface area contributed by atoms with Crippen LogP contribution in [0.4, 0.5) is 0 Å². The fraction of sp³-hybridized carbons (Fsp3) is 0.900. The van der Waals surface area contributed by atoms with Gasteiger partial charge in [-0.2, -0.15) is 0 Å². The van der Waals surface area contributed by atoms with Crippen molar-refractivity contribution >= 4 is 5.78 Å². The molecule has 1 aliphatic rings. The van der Waals surface area contributed by atoms with Crippen molar-refractivity contribution in [1.29, 1.82) is 0 Å². The van der Waals surface area contributed by atoms with E-state index in [0.717, 1.165) is 25.7 Å². The van der Waals surface area contributed by atoms with Crippen molar-refractivity contribution < 1.29 is 9.90 Å². The van der Waals surface area contributed by atoms with Gasteiger partial charge in [0.25, 0.3) is 0 Å². The highest BCUT2D eigenvalue weighted by molar-refractivity contribution is 5.84. The molecule has 1 fully saturated rings. The quantitative estimate of drug-likeness (QED) is 0.644. The van der Waals surface area contributed by atoms with E-state index in [1.54, 1.807) is 0 Å². The lowest BCUT2D eigenvalue weighted by atomic mass is 10.00. The van der Waals surface area contributed by atoms with Gasteiger partial charge in [0.2, 0.25) is 0 Å². The number of hydrogen-bond acceptors (Lipinski definition) is 3. The second kappa shape index (κ2) is 4.72. The van der Waals surface area contributed by atoms with Crippen LogP contribution in [0.15, 0.2) is 0 Å². The molecule has 0 radical (unpaired) electrons. The zero-order chi connectivity index (χ0) is 9.84. The minimum absolute atomic E-state index is 0.0662. The molecule has 3 N–H and O–H groups in total. The van der Waals surface area contributed by atoms with Crippen LogP contribution in [-0.2, 0) is 4.79 Å². The lowest BCUT2D eigenvalue weighted by Crippen LogP contribution is -2.40. The number of Topliss-reactive ketones (excluding diaryl/α,β-unsaturated/α-hetero) is 1. The van der Waals surface area contributed by atoms with Gasteiger partial charge in [0.05, 0.1) is 0 Å². The molecule has 0 aromatic carbocycles. The molecule has 0 bridgehead atoms. The molecule has 0 saturated heterocycles. The standard InChI is InChI=1S/C10H19NO2/c1-2-3-8(11)10(13)9(12)6-7-4-5-7/h7-8,10,13H,2-6,11H2,1H3/t8-,10+/m0/s1. The fourth-order valence-electron chi connectivity index (χ4n) is 1.46. The largest absolute Gasteiger partial charge is 0.384 e. The number of carbonyl (C=O) groups is 1. The smallest absolute Gasteiger partial charge is 0.163 e. The average molecular weight is 185 g/mol. The van der Waals surface area contributed by atoms with Gasteiger partial charge in [0.1, 0.15) is 6.10 Å². The number of carbonyl (C=O) groups excluding carboxylic acids is 1. The van der Waals surface area contributed by atoms with Gasteiger partial charge in [-0.25, -0.2) is 0 Å². The molecule has 3 heteroatoms. The van der Waals surface area contributed by atoms with Crippen LogP contribution >= 0.6 is 0 Å². The number of rotatable bonds is 6. The summed E-state index contributed by atoms with van der Waals surface area (Å²) in [7, 11) is 0. The Kier molecular flexibility index (Phi) is 3.88. The van der Waals surface area contributed by atoms with Crippen molar-refractivity contribution in [2.24, 2.45) is 11.7 Å². The van der Waals surface area contributed by atoms with E-state index in [1.165, 1.54) is 0 Å². The summed E-state index contributed by atoms with van der Waals surface area (Å²) < 4.78 is 0. The number of ketones is 1. The molecule has 2 atom stereocenters. The van der Waals surface area contributed by atoms with Crippen molar-refractivity contribution in [2.45, 2.75) is 51.2 Å². The van der Waals surface area contributed by atoms with Gasteiger partial charge < -0.3 is 10.8 Å². The molecular weight excluding hydrogens is 166 g/mol. The molecule has 0 aliphatic heterocycles. The van der Waals surface area contributed by atoms with Gasteiger partial charge >= 0.3 is 0 Å². The van der Waals surface area contributed by atoms with E-state index in [-0.39, 0.29) is 11.8 Å². The molecular formula is C10H19NO2. The Morgan fingerprint density at radius 1 is 1.62 bits per heavy atom. The Labute approximate surface area is 79.3 Å². The SMILES string of the molecule is CCC[C@H](N)[C@@H](O)C(=O)CC1CC1. The van der Waals surface area contributed by atoms with Gasteiger partial charge in [-0.3, -0.25) is 4.79 Å². The maximum absolute atomic E-state index is 11.4. The van der Waals surface area contributed by atoms with Crippen LogP contribution in [0.3, 0.4) is 0 Å². The molecule has 76 valence electrons. The van der Waals surface area contributed by atoms with E-state index in [9.17, 15) is 9.90 Å². The average Bonchev–Trinajstić information content (AvgIpc) is 2.87. The van der Waals surface area contributed by atoms with Crippen molar-refractivity contribution in [1.82, 2.24) is 0 Å². The molecule has 0 heterocycles. The van der Waals surface area contributed by atoms with E-state index in [4.69, 9.17) is 5.73 Å². The molecule has 1 rings (SSSR count). The third-order valence-corrected chi connectivity index (χ3v) is 2.54. The molecule has 0 spiro atoms. The van der Waals surface area contributed by atoms with Gasteiger partial charge in [-0.1, -0.05) is 13.3 Å². The first kappa shape index (κ1) is 10.7. The Hall–Kier alpha value is -0.410. The maximum atomic E-state index is 11.4. The highest BCUT2D eigenvalue weighted by Gasteiger charge is 2.29. The third kappa shape index (κ3) is 3.44. The first-order valence-corrected chi connectivity index (χ1v) is 5.11. The predicted molar refractivity (Wildman–Crippen MR) is 51.2 cm³/mol. The lowest BCUT2D eigenvalue weighted by molar-refractivity contribution is -0.128. The van der Waals surface area contributed by atoms with Crippen molar-refractivity contribution in [3.63, 3.8) is 0 Å². The van der Waals surface area contributed by atoms with E-state index in [2.05, 4.69) is 0 Å². The van der Waals surface area contributed by atoms with E-state index in [1.807, 2.05) is 6.92 Å². The molecule has 0 aromatic rings. The molecule has 1 aliphatic carbocycles. The summed E-state index contributed by atoms with van der Waals surface area (Å²) in [5.41, 5.74) is 5.65. The lowest BCUT2D eigenvalue weighted by Gasteiger charge is -2.16. The van der Waals surface area contributed by atoms with Crippen molar-refractivity contribution in [3.8, 4) is 0 Å². The Morgan fingerprint density at radius 2 is 2.23 bits per heavy atom. The first-order valence-electron chi connectivity index (χ1n) is 5.11. The predicted octanol–water partition coefficient (Wildman–Crippen LogP) is 0.844. The van der Waals surface area contributed by atoms with Crippen LogP contribution in [0, 0.1) is 5.92 Å². The van der Waals surface area contributed by atoms with Crippen LogP contribution < -0.4 is 5.73 Å². The second-order valence-corrected chi connectivity index (χ2v) is 4.01. The van der Waals surface area contributed by atoms with E-state index >= 15 is 0 Å². The number of aliphatic hydroxyl groups excluding tert-OH is 1. The summed E-state index contributed by atoms with van der Waals surface area (Å²) in [6.07, 6.45) is 3.51. The number of nitrogens with two attached hydrogens (primary N) is 1. The topological polar surface area (TPSA) is 63.3 Å². The Morgan fingerprint density at radius 3 is 2.69 bits per heavy atom. The van der Waals surface area contributed by atoms with Gasteiger partial charge in [-0.15, -0.1) is 0 Å². The minimum Gasteiger partial charge on any atom is -0.384 e. The summed E-state index contributed by atoms with van der Waals surface area (Å²) in [6.45, 7) is 2.00. The molecule has 0 unspecified atom stereocenters. The van der Waals surface area contributed by atoms with E-state index in [0.29, 0.717) is 12.3 Å². The monoisotopic (exact) mass is 185 g/mol. The highest BCUT2D eigenvalue weighted by Crippen LogP contribution is 2.33. The normalized spacial score (nSPS) is 21.2. The molecule has 13 heavy (non-hydrogen) atoms. The summed E-state index contributed by atoms with van der Waals surface area (Å²) in [5, 5.41) is 9.52. The van der Waals surface area contributed by atoms with Crippen LogP contribution in [0.25, 0.3) is 0 Å². The Balaban J connectivity index is 2.26. The molecule has 1 saturated carbocycles. The number of hydrogen-bond donors (Lipinski definition) is 2. The van der Waals surface area contributed by atoms with Crippen LogP contribution in [0.5, 0.6) is 0 Å². The summed E-state index contributed by atoms with van der Waals surface area (Å²) in [4.78, 5) is 11.4. The van der Waals surface area contributed by atoms with Crippen LogP contribution in [0.2, 0.25) is 0 Å². The van der Waals surface area contributed by atoms with Crippen molar-refractivity contribution in [2.75, 3.05) is 0 Å². The minimum atomic E-state index is -0.930. The number of aliphatic hydroxyl groups is 1. The van der Waals surface area contributed by atoms with E-state index < -0.39 is 6.10 Å². The zero-order valence-corrected chi connectivity index (χ0v) is 8.20. The maximum Gasteiger partial charge on any atom is 0.163 e. The summed E-state index contributed by atoms with van der Waals surface area (Å²) in [6, 6.07) is -0.365. The first-order chi connectivity index (χ1) is 6.15. The summed E-state index contributed by atoms with van der Waals surface area (Å²) >= 11 is 0. The van der Waals surface area contributed by atoms with Gasteiger partial charge in [0, 0.05) is 12.5 Å². The molecule has 0 amide bonds. The van der Waals surface area contributed by atoms with Crippen molar-refractivity contribution in [3.05, 3.63) is 0 Å². The van der Waals surface area contributed by atoms with Crippen LogP contribution in [-0.4, -0.2) is 23.0 Å². The second-order valence-electron chi connectivity index (χ2n) is 4.01. The fourth-order valence-corrected chi connectivity index (χ4v) is 1.46. The molecule has 3 nitrogen and oxygen atoms in total.